The average molecular weight is 288 g/mol. The second-order valence-corrected chi connectivity index (χ2v) is 6.64. The zero-order valence-corrected chi connectivity index (χ0v) is 12.6. The first-order valence-corrected chi connectivity index (χ1v) is 8.48. The molecule has 2 aromatic rings. The van der Waals surface area contributed by atoms with E-state index in [1.165, 1.54) is 30.5 Å². The highest BCUT2D eigenvalue weighted by Crippen LogP contribution is 2.37. The van der Waals surface area contributed by atoms with Crippen molar-refractivity contribution in [1.82, 2.24) is 15.3 Å². The molecule has 0 spiro atoms. The van der Waals surface area contributed by atoms with Crippen LogP contribution in [0.4, 0.5) is 5.82 Å². The summed E-state index contributed by atoms with van der Waals surface area (Å²) in [6.45, 7) is 4.36. The number of rotatable bonds is 2. The van der Waals surface area contributed by atoms with Gasteiger partial charge in [0.2, 0.25) is 0 Å². The summed E-state index contributed by atoms with van der Waals surface area (Å²) in [6, 6.07) is 3.44. The van der Waals surface area contributed by atoms with E-state index in [4.69, 9.17) is 4.98 Å². The third-order valence-electron chi connectivity index (χ3n) is 4.57. The van der Waals surface area contributed by atoms with Crippen molar-refractivity contribution in [2.24, 2.45) is 0 Å². The number of thiophene rings is 1. The van der Waals surface area contributed by atoms with Crippen molar-refractivity contribution in [2.75, 3.05) is 18.0 Å². The summed E-state index contributed by atoms with van der Waals surface area (Å²) in [7, 11) is 0. The van der Waals surface area contributed by atoms with Crippen LogP contribution < -0.4 is 10.2 Å². The van der Waals surface area contributed by atoms with Crippen LogP contribution in [0.3, 0.4) is 0 Å². The van der Waals surface area contributed by atoms with Crippen molar-refractivity contribution in [2.45, 2.75) is 44.7 Å². The van der Waals surface area contributed by atoms with Crippen molar-refractivity contribution in [3.63, 3.8) is 0 Å². The lowest BCUT2D eigenvalue weighted by molar-refractivity contribution is 0.567. The molecule has 1 N–H and O–H groups in total. The molecule has 20 heavy (non-hydrogen) atoms. The first-order valence-electron chi connectivity index (χ1n) is 7.60. The molecule has 5 heteroatoms. The lowest BCUT2D eigenvalue weighted by atomic mass is 10.1. The van der Waals surface area contributed by atoms with Gasteiger partial charge in [0.15, 0.2) is 0 Å². The quantitative estimate of drug-likeness (QED) is 0.922. The van der Waals surface area contributed by atoms with Crippen LogP contribution in [0.15, 0.2) is 11.4 Å². The highest BCUT2D eigenvalue weighted by Gasteiger charge is 2.36. The molecule has 2 aromatic heterocycles. The first kappa shape index (κ1) is 12.5. The largest absolute Gasteiger partial charge is 0.349 e. The van der Waals surface area contributed by atoms with Crippen molar-refractivity contribution < 1.29 is 0 Å². The van der Waals surface area contributed by atoms with E-state index >= 15 is 0 Å². The van der Waals surface area contributed by atoms with Gasteiger partial charge in [-0.15, -0.1) is 11.3 Å². The van der Waals surface area contributed by atoms with E-state index in [1.807, 2.05) is 0 Å². The molecular formula is C15H20N4S. The van der Waals surface area contributed by atoms with Crippen molar-refractivity contribution in [3.05, 3.63) is 17.3 Å². The number of anilines is 1. The average Bonchev–Trinajstić information content (AvgIpc) is 3.01. The van der Waals surface area contributed by atoms with Crippen LogP contribution in [0, 0.1) is 0 Å². The Balaban J connectivity index is 1.86. The molecular weight excluding hydrogens is 268 g/mol. The summed E-state index contributed by atoms with van der Waals surface area (Å²) in [5.41, 5.74) is 0. The predicted molar refractivity (Wildman–Crippen MR) is 83.6 cm³/mol. The second kappa shape index (κ2) is 4.97. The summed E-state index contributed by atoms with van der Waals surface area (Å²) in [5.74, 6) is 2.16. The second-order valence-electron chi connectivity index (χ2n) is 5.74. The molecule has 2 atom stereocenters. The number of hydrogen-bond acceptors (Lipinski definition) is 5. The normalized spacial score (nSPS) is 26.1. The molecule has 0 aromatic carbocycles. The highest BCUT2D eigenvalue weighted by atomic mass is 32.1. The van der Waals surface area contributed by atoms with E-state index in [9.17, 15) is 0 Å². The molecule has 2 aliphatic rings. The lowest BCUT2D eigenvalue weighted by Gasteiger charge is -2.29. The Morgan fingerprint density at radius 3 is 3.10 bits per heavy atom. The van der Waals surface area contributed by atoms with Gasteiger partial charge in [-0.3, -0.25) is 0 Å². The summed E-state index contributed by atoms with van der Waals surface area (Å²) in [4.78, 5) is 13.3. The van der Waals surface area contributed by atoms with Crippen molar-refractivity contribution in [3.8, 4) is 0 Å². The van der Waals surface area contributed by atoms with Gasteiger partial charge in [0.25, 0.3) is 0 Å². The van der Waals surface area contributed by atoms with Crippen molar-refractivity contribution >= 4 is 27.4 Å². The molecule has 2 fully saturated rings. The fraction of sp³-hybridized carbons (Fsp3) is 0.600. The monoisotopic (exact) mass is 288 g/mol. The zero-order valence-electron chi connectivity index (χ0n) is 11.8. The fourth-order valence-corrected chi connectivity index (χ4v) is 4.34. The minimum atomic E-state index is 0.602. The van der Waals surface area contributed by atoms with Gasteiger partial charge in [-0.25, -0.2) is 9.97 Å². The molecule has 2 saturated heterocycles. The van der Waals surface area contributed by atoms with Crippen molar-refractivity contribution in [1.29, 1.82) is 0 Å². The van der Waals surface area contributed by atoms with Crippen LogP contribution in [-0.2, 0) is 6.42 Å². The van der Waals surface area contributed by atoms with Gasteiger partial charge in [0, 0.05) is 25.0 Å². The van der Waals surface area contributed by atoms with Gasteiger partial charge in [-0.1, -0.05) is 6.92 Å². The standard InChI is InChI=1S/C15H20N4S/c1-2-13-17-14(12-6-8-20-15(12)18-13)19-10-3-4-11(19)9-16-7-5-10/h6,8,10-11,16H,2-5,7,9H2,1H3. The van der Waals surface area contributed by atoms with E-state index in [0.717, 1.165) is 30.2 Å². The van der Waals surface area contributed by atoms with Gasteiger partial charge < -0.3 is 10.2 Å². The predicted octanol–water partition coefficient (Wildman–Crippen LogP) is 2.58. The Kier molecular flexibility index (Phi) is 3.11. The molecule has 4 nitrogen and oxygen atoms in total. The van der Waals surface area contributed by atoms with Gasteiger partial charge in [0.05, 0.1) is 5.39 Å². The van der Waals surface area contributed by atoms with Crippen LogP contribution in [0.25, 0.3) is 10.2 Å². The molecule has 4 rings (SSSR count). The Morgan fingerprint density at radius 1 is 1.30 bits per heavy atom. The first-order chi connectivity index (χ1) is 9.86. The smallest absolute Gasteiger partial charge is 0.141 e. The Bertz CT molecular complexity index is 609. The maximum absolute atomic E-state index is 4.89. The third-order valence-corrected chi connectivity index (χ3v) is 5.37. The molecule has 0 saturated carbocycles. The van der Waals surface area contributed by atoms with Crippen LogP contribution in [0.2, 0.25) is 0 Å². The highest BCUT2D eigenvalue weighted by molar-refractivity contribution is 7.16. The van der Waals surface area contributed by atoms with Crippen LogP contribution >= 0.6 is 11.3 Å². The molecule has 106 valence electrons. The molecule has 0 amide bonds. The third kappa shape index (κ3) is 1.91. The molecule has 0 aliphatic carbocycles. The molecule has 4 heterocycles. The Hall–Kier alpha value is -1.20. The Labute approximate surface area is 123 Å². The summed E-state index contributed by atoms with van der Waals surface area (Å²) >= 11 is 1.73. The summed E-state index contributed by atoms with van der Waals surface area (Å²) in [5, 5.41) is 6.95. The Morgan fingerprint density at radius 2 is 2.20 bits per heavy atom. The van der Waals surface area contributed by atoms with Crippen LogP contribution in [-0.4, -0.2) is 35.1 Å². The fourth-order valence-electron chi connectivity index (χ4n) is 3.57. The number of hydrogen-bond donors (Lipinski definition) is 1. The van der Waals surface area contributed by atoms with Gasteiger partial charge >= 0.3 is 0 Å². The number of aromatic nitrogens is 2. The summed E-state index contributed by atoms with van der Waals surface area (Å²) < 4.78 is 0. The van der Waals surface area contributed by atoms with E-state index in [-0.39, 0.29) is 0 Å². The minimum Gasteiger partial charge on any atom is -0.349 e. The lowest BCUT2D eigenvalue weighted by Crippen LogP contribution is -2.38. The van der Waals surface area contributed by atoms with E-state index in [1.54, 1.807) is 11.3 Å². The molecule has 2 bridgehead atoms. The minimum absolute atomic E-state index is 0.602. The topological polar surface area (TPSA) is 41.1 Å². The van der Waals surface area contributed by atoms with Gasteiger partial charge in [-0.05, 0) is 37.3 Å². The molecule has 0 radical (unpaired) electrons. The number of aryl methyl sites for hydroxylation is 1. The number of nitrogens with zero attached hydrogens (tertiary/aromatic N) is 3. The van der Waals surface area contributed by atoms with Crippen LogP contribution in [0.1, 0.15) is 32.0 Å². The van der Waals surface area contributed by atoms with Crippen LogP contribution in [0.5, 0.6) is 0 Å². The maximum atomic E-state index is 4.89. The number of nitrogens with one attached hydrogen (secondary N) is 1. The zero-order chi connectivity index (χ0) is 13.5. The molecule has 2 aliphatic heterocycles. The van der Waals surface area contributed by atoms with Gasteiger partial charge in [-0.2, -0.15) is 0 Å². The van der Waals surface area contributed by atoms with Gasteiger partial charge in [0.1, 0.15) is 16.5 Å². The molecule has 2 unspecified atom stereocenters. The number of fused-ring (bicyclic) bond motifs is 3. The van der Waals surface area contributed by atoms with E-state index < -0.39 is 0 Å². The SMILES string of the molecule is CCc1nc(N2C3CCNCC2CC3)c2ccsc2n1. The van der Waals surface area contributed by atoms with E-state index in [2.05, 4.69) is 33.6 Å². The maximum Gasteiger partial charge on any atom is 0.141 e. The van der Waals surface area contributed by atoms with E-state index in [0.29, 0.717) is 12.1 Å². The summed E-state index contributed by atoms with van der Waals surface area (Å²) in [6.07, 6.45) is 4.73.